The van der Waals surface area contributed by atoms with Gasteiger partial charge in [-0.2, -0.15) is 0 Å². The largest absolute Gasteiger partial charge is 0.477 e. The predicted octanol–water partition coefficient (Wildman–Crippen LogP) is 7.66. The van der Waals surface area contributed by atoms with E-state index in [2.05, 4.69) is 15.5 Å². The molecular formula is C33H36Cl2N4O7. The number of esters is 2. The van der Waals surface area contributed by atoms with Gasteiger partial charge in [0.2, 0.25) is 5.88 Å². The third kappa shape index (κ3) is 8.67. The van der Waals surface area contributed by atoms with E-state index in [9.17, 15) is 19.7 Å². The molecule has 4 rings (SSSR count). The zero-order valence-corrected chi connectivity index (χ0v) is 27.4. The van der Waals surface area contributed by atoms with Crippen molar-refractivity contribution in [3.05, 3.63) is 96.8 Å². The maximum atomic E-state index is 13.5. The summed E-state index contributed by atoms with van der Waals surface area (Å²) in [6, 6.07) is 12.9. The van der Waals surface area contributed by atoms with Gasteiger partial charge < -0.3 is 19.5 Å². The van der Waals surface area contributed by atoms with Crippen molar-refractivity contribution in [1.29, 1.82) is 0 Å². The second-order valence-electron chi connectivity index (χ2n) is 10.8. The SMILES string of the molecule is CCCOC(=O)C1=C(C)NC(C)=C(C(=O)OCCCCCCOc2cc(-c3ccc(Cl)cc3Cl)[nH]n2)C1c1cccc([N+](=O)[O-])c1. The number of rotatable bonds is 15. The van der Waals surface area contributed by atoms with Gasteiger partial charge in [-0.05, 0) is 69.7 Å². The van der Waals surface area contributed by atoms with Crippen LogP contribution >= 0.6 is 23.2 Å². The average molecular weight is 672 g/mol. The topological polar surface area (TPSA) is 146 Å². The fourth-order valence-corrected chi connectivity index (χ4v) is 5.67. The van der Waals surface area contributed by atoms with Crippen molar-refractivity contribution in [1.82, 2.24) is 15.5 Å². The number of halogens is 2. The molecule has 1 aliphatic rings. The number of dihydropyridines is 1. The molecule has 1 aliphatic heterocycles. The number of hydrogen-bond acceptors (Lipinski definition) is 9. The highest BCUT2D eigenvalue weighted by Gasteiger charge is 2.38. The number of H-pyrrole nitrogens is 1. The second kappa shape index (κ2) is 16.3. The Morgan fingerprint density at radius 2 is 1.59 bits per heavy atom. The molecule has 1 unspecified atom stereocenters. The maximum absolute atomic E-state index is 13.5. The summed E-state index contributed by atoms with van der Waals surface area (Å²) < 4.78 is 16.8. The molecule has 2 heterocycles. The highest BCUT2D eigenvalue weighted by atomic mass is 35.5. The van der Waals surface area contributed by atoms with E-state index in [-0.39, 0.29) is 30.0 Å². The van der Waals surface area contributed by atoms with Crippen molar-refractivity contribution in [2.24, 2.45) is 0 Å². The first-order valence-electron chi connectivity index (χ1n) is 15.0. The molecule has 244 valence electrons. The number of carbonyl (C=O) groups excluding carboxylic acids is 2. The standard InChI is InChI=1S/C33H36Cl2N4O7/c1-4-14-45-32(40)29-20(2)36-21(3)30(31(29)22-10-9-11-24(17-22)39(42)43)33(41)46-16-8-6-5-7-15-44-28-19-27(37-38-28)25-13-12-23(34)18-26(25)35/h9-13,17-19,31,36H,4-8,14-16H2,1-3H3,(H,37,38). The molecule has 0 spiro atoms. The van der Waals surface area contributed by atoms with E-state index in [0.717, 1.165) is 30.5 Å². The lowest BCUT2D eigenvalue weighted by molar-refractivity contribution is -0.384. The molecule has 0 saturated heterocycles. The minimum Gasteiger partial charge on any atom is -0.477 e. The summed E-state index contributed by atoms with van der Waals surface area (Å²) in [5, 5.41) is 22.8. The van der Waals surface area contributed by atoms with Crippen LogP contribution in [0.15, 0.2) is 71.1 Å². The van der Waals surface area contributed by atoms with Crippen molar-refractivity contribution in [3.8, 4) is 17.1 Å². The third-order valence-corrected chi connectivity index (χ3v) is 7.90. The Labute approximate surface area is 277 Å². The number of ether oxygens (including phenoxy) is 3. The van der Waals surface area contributed by atoms with Crippen LogP contribution in [-0.2, 0) is 19.1 Å². The van der Waals surface area contributed by atoms with Gasteiger partial charge in [-0.3, -0.25) is 15.2 Å². The van der Waals surface area contributed by atoms with Crippen LogP contribution in [0.4, 0.5) is 5.69 Å². The lowest BCUT2D eigenvalue weighted by Crippen LogP contribution is -2.32. The van der Waals surface area contributed by atoms with Crippen LogP contribution < -0.4 is 10.1 Å². The Morgan fingerprint density at radius 3 is 2.24 bits per heavy atom. The Kier molecular flexibility index (Phi) is 12.2. The molecular weight excluding hydrogens is 635 g/mol. The van der Waals surface area contributed by atoms with Crippen LogP contribution in [0.5, 0.6) is 5.88 Å². The number of nitrogens with one attached hydrogen (secondary N) is 2. The molecule has 0 radical (unpaired) electrons. The fraction of sp³-hybridized carbons (Fsp3) is 0.364. The number of carbonyl (C=O) groups is 2. The van der Waals surface area contributed by atoms with Crippen LogP contribution in [0, 0.1) is 10.1 Å². The molecule has 0 bridgehead atoms. The molecule has 46 heavy (non-hydrogen) atoms. The number of non-ortho nitro benzene ring substituents is 1. The number of nitro benzene ring substituents is 1. The molecule has 1 aromatic heterocycles. The smallest absolute Gasteiger partial charge is 0.336 e. The van der Waals surface area contributed by atoms with Crippen molar-refractivity contribution in [2.75, 3.05) is 19.8 Å². The van der Waals surface area contributed by atoms with Gasteiger partial charge >= 0.3 is 11.9 Å². The van der Waals surface area contributed by atoms with E-state index in [4.69, 9.17) is 37.4 Å². The van der Waals surface area contributed by atoms with Crippen LogP contribution in [0.1, 0.15) is 64.4 Å². The Balaban J connectivity index is 1.31. The third-order valence-electron chi connectivity index (χ3n) is 7.35. The second-order valence-corrected chi connectivity index (χ2v) is 11.6. The summed E-state index contributed by atoms with van der Waals surface area (Å²) in [4.78, 5) is 37.6. The van der Waals surface area contributed by atoms with Crippen LogP contribution in [0.25, 0.3) is 11.3 Å². The number of aromatic nitrogens is 2. The number of hydrogen-bond donors (Lipinski definition) is 2. The normalized spacial score (nSPS) is 14.6. The van der Waals surface area contributed by atoms with Gasteiger partial charge in [0.05, 0.1) is 52.5 Å². The molecule has 0 saturated carbocycles. The number of nitro groups is 1. The van der Waals surface area contributed by atoms with E-state index in [1.165, 1.54) is 18.2 Å². The number of unbranched alkanes of at least 4 members (excludes halogenated alkanes) is 3. The number of aromatic amines is 1. The van der Waals surface area contributed by atoms with Gasteiger partial charge in [0.25, 0.3) is 5.69 Å². The molecule has 0 aliphatic carbocycles. The van der Waals surface area contributed by atoms with Crippen LogP contribution in [0.3, 0.4) is 0 Å². The van der Waals surface area contributed by atoms with Crippen molar-refractivity contribution >= 4 is 40.8 Å². The molecule has 11 nitrogen and oxygen atoms in total. The van der Waals surface area contributed by atoms with E-state index < -0.39 is 22.8 Å². The Bertz CT molecular complexity index is 1650. The van der Waals surface area contributed by atoms with Crippen molar-refractivity contribution in [3.63, 3.8) is 0 Å². The maximum Gasteiger partial charge on any atom is 0.336 e. The zero-order chi connectivity index (χ0) is 33.2. The average Bonchev–Trinajstić information content (AvgIpc) is 3.49. The van der Waals surface area contributed by atoms with Gasteiger partial charge in [0, 0.05) is 40.2 Å². The molecule has 3 aromatic rings. The lowest BCUT2D eigenvalue weighted by atomic mass is 9.80. The summed E-state index contributed by atoms with van der Waals surface area (Å²) >= 11 is 12.2. The van der Waals surface area contributed by atoms with E-state index in [1.807, 2.05) is 13.0 Å². The Hall–Kier alpha value is -4.35. The summed E-state index contributed by atoms with van der Waals surface area (Å²) in [6.07, 6.45) is 3.64. The summed E-state index contributed by atoms with van der Waals surface area (Å²) in [5.41, 5.74) is 3.20. The molecule has 2 N–H and O–H groups in total. The van der Waals surface area contributed by atoms with Crippen molar-refractivity contribution < 1.29 is 28.7 Å². The lowest BCUT2D eigenvalue weighted by Gasteiger charge is -2.30. The van der Waals surface area contributed by atoms with Gasteiger partial charge in [-0.25, -0.2) is 9.59 Å². The summed E-state index contributed by atoms with van der Waals surface area (Å²) in [7, 11) is 0. The highest BCUT2D eigenvalue weighted by molar-refractivity contribution is 6.36. The van der Waals surface area contributed by atoms with Crippen LogP contribution in [0.2, 0.25) is 10.0 Å². The van der Waals surface area contributed by atoms with Gasteiger partial charge in [0.15, 0.2) is 0 Å². The fourth-order valence-electron chi connectivity index (χ4n) is 5.16. The summed E-state index contributed by atoms with van der Waals surface area (Å²) in [6.45, 7) is 6.13. The minimum atomic E-state index is -0.895. The molecule has 0 fully saturated rings. The molecule has 13 heteroatoms. The van der Waals surface area contributed by atoms with Crippen molar-refractivity contribution in [2.45, 2.75) is 58.8 Å². The summed E-state index contributed by atoms with van der Waals surface area (Å²) in [5.74, 6) is -1.63. The number of allylic oxidation sites excluding steroid dienone is 2. The first kappa shape index (κ1) is 34.5. The molecule has 0 amide bonds. The Morgan fingerprint density at radius 1 is 0.913 bits per heavy atom. The first-order valence-corrected chi connectivity index (χ1v) is 15.8. The predicted molar refractivity (Wildman–Crippen MR) is 175 cm³/mol. The van der Waals surface area contributed by atoms with E-state index in [1.54, 1.807) is 38.1 Å². The highest BCUT2D eigenvalue weighted by Crippen LogP contribution is 2.40. The van der Waals surface area contributed by atoms with E-state index in [0.29, 0.717) is 52.3 Å². The quantitative estimate of drug-likeness (QED) is 0.0720. The zero-order valence-electron chi connectivity index (χ0n) is 25.9. The van der Waals surface area contributed by atoms with Gasteiger partial charge in [0.1, 0.15) is 0 Å². The van der Waals surface area contributed by atoms with E-state index >= 15 is 0 Å². The first-order chi connectivity index (χ1) is 22.1. The minimum absolute atomic E-state index is 0.150. The number of benzene rings is 2. The molecule has 1 atom stereocenters. The number of nitrogens with zero attached hydrogens (tertiary/aromatic N) is 2. The van der Waals surface area contributed by atoms with Gasteiger partial charge in [-0.1, -0.05) is 42.3 Å². The van der Waals surface area contributed by atoms with Gasteiger partial charge in [-0.15, -0.1) is 5.10 Å². The monoisotopic (exact) mass is 670 g/mol. The molecule has 2 aromatic carbocycles. The van der Waals surface area contributed by atoms with Crippen LogP contribution in [-0.4, -0.2) is 46.9 Å².